The summed E-state index contributed by atoms with van der Waals surface area (Å²) in [5.74, 6) is 0.917. The lowest BCUT2D eigenvalue weighted by Crippen LogP contribution is -1.97. The standard InChI is InChI=1S/C11H17NO/c1-3-4-7-13-10-5-6-11(12)9(2)8-10/h5-6,8H,3-4,7,12H2,1-2H3. The minimum atomic E-state index is 0.792. The first kappa shape index (κ1) is 9.90. The smallest absolute Gasteiger partial charge is 0.119 e. The number of nitrogen functional groups attached to an aromatic ring is 1. The van der Waals surface area contributed by atoms with Crippen molar-refractivity contribution in [3.8, 4) is 5.75 Å². The summed E-state index contributed by atoms with van der Waals surface area (Å²) in [6.07, 6.45) is 2.26. The first-order chi connectivity index (χ1) is 6.24. The quantitative estimate of drug-likeness (QED) is 0.569. The van der Waals surface area contributed by atoms with Gasteiger partial charge in [0.05, 0.1) is 6.61 Å². The summed E-state index contributed by atoms with van der Waals surface area (Å²) in [5, 5.41) is 0. The molecule has 1 rings (SSSR count). The van der Waals surface area contributed by atoms with Gasteiger partial charge in [-0.25, -0.2) is 0 Å². The van der Waals surface area contributed by atoms with E-state index in [0.29, 0.717) is 0 Å². The molecule has 0 amide bonds. The van der Waals surface area contributed by atoms with Gasteiger partial charge in [0.25, 0.3) is 0 Å². The van der Waals surface area contributed by atoms with Crippen LogP contribution in [0.4, 0.5) is 5.69 Å². The zero-order valence-electron chi connectivity index (χ0n) is 8.34. The minimum absolute atomic E-state index is 0.792. The molecule has 2 nitrogen and oxygen atoms in total. The average Bonchev–Trinajstić information content (AvgIpc) is 2.12. The molecule has 13 heavy (non-hydrogen) atoms. The Bertz CT molecular complexity index is 271. The third kappa shape index (κ3) is 2.98. The number of unbranched alkanes of at least 4 members (excludes halogenated alkanes) is 1. The van der Waals surface area contributed by atoms with Crippen LogP contribution in [0.1, 0.15) is 25.3 Å². The van der Waals surface area contributed by atoms with E-state index in [0.717, 1.165) is 36.4 Å². The molecule has 0 aliphatic rings. The Labute approximate surface area is 79.7 Å². The van der Waals surface area contributed by atoms with Crippen LogP contribution in [0.3, 0.4) is 0 Å². The van der Waals surface area contributed by atoms with E-state index in [4.69, 9.17) is 10.5 Å². The molecule has 0 fully saturated rings. The number of rotatable bonds is 4. The lowest BCUT2D eigenvalue weighted by molar-refractivity contribution is 0.309. The lowest BCUT2D eigenvalue weighted by atomic mass is 10.2. The van der Waals surface area contributed by atoms with Crippen LogP contribution in [0.25, 0.3) is 0 Å². The van der Waals surface area contributed by atoms with Gasteiger partial charge >= 0.3 is 0 Å². The van der Waals surface area contributed by atoms with Gasteiger partial charge in [0.2, 0.25) is 0 Å². The fourth-order valence-corrected chi connectivity index (χ4v) is 1.07. The van der Waals surface area contributed by atoms with Gasteiger partial charge in [-0.3, -0.25) is 0 Å². The third-order valence-electron chi connectivity index (χ3n) is 2.01. The van der Waals surface area contributed by atoms with Gasteiger partial charge in [0.15, 0.2) is 0 Å². The maximum Gasteiger partial charge on any atom is 0.119 e. The molecule has 0 unspecified atom stereocenters. The Morgan fingerprint density at radius 1 is 1.38 bits per heavy atom. The fraction of sp³-hybridized carbons (Fsp3) is 0.455. The normalized spacial score (nSPS) is 10.0. The van der Waals surface area contributed by atoms with Crippen LogP contribution in [0.2, 0.25) is 0 Å². The maximum atomic E-state index is 5.69. The van der Waals surface area contributed by atoms with Crippen LogP contribution >= 0.6 is 0 Å². The largest absolute Gasteiger partial charge is 0.494 e. The van der Waals surface area contributed by atoms with Crippen LogP contribution < -0.4 is 10.5 Å². The second kappa shape index (κ2) is 4.75. The number of benzene rings is 1. The van der Waals surface area contributed by atoms with Crippen LogP contribution in [0, 0.1) is 6.92 Å². The summed E-state index contributed by atoms with van der Waals surface area (Å²) in [6.45, 7) is 4.93. The van der Waals surface area contributed by atoms with E-state index in [1.807, 2.05) is 25.1 Å². The van der Waals surface area contributed by atoms with Gasteiger partial charge in [-0.15, -0.1) is 0 Å². The average molecular weight is 179 g/mol. The van der Waals surface area contributed by atoms with E-state index < -0.39 is 0 Å². The number of hydrogen-bond acceptors (Lipinski definition) is 2. The van der Waals surface area contributed by atoms with E-state index in [1.54, 1.807) is 0 Å². The highest BCUT2D eigenvalue weighted by molar-refractivity contribution is 5.49. The Morgan fingerprint density at radius 2 is 2.15 bits per heavy atom. The summed E-state index contributed by atoms with van der Waals surface area (Å²) in [6, 6.07) is 5.78. The predicted octanol–water partition coefficient (Wildman–Crippen LogP) is 2.76. The van der Waals surface area contributed by atoms with E-state index in [2.05, 4.69) is 6.92 Å². The lowest BCUT2D eigenvalue weighted by Gasteiger charge is -2.07. The fourth-order valence-electron chi connectivity index (χ4n) is 1.07. The molecule has 0 aliphatic heterocycles. The summed E-state index contributed by atoms with van der Waals surface area (Å²) < 4.78 is 5.53. The van der Waals surface area contributed by atoms with Crippen molar-refractivity contribution in [2.24, 2.45) is 0 Å². The van der Waals surface area contributed by atoms with Crippen molar-refractivity contribution in [2.45, 2.75) is 26.7 Å². The second-order valence-electron chi connectivity index (χ2n) is 3.22. The number of ether oxygens (including phenoxy) is 1. The second-order valence-corrected chi connectivity index (χ2v) is 3.22. The van der Waals surface area contributed by atoms with Crippen molar-refractivity contribution < 1.29 is 4.74 Å². The molecule has 0 bridgehead atoms. The Morgan fingerprint density at radius 3 is 2.77 bits per heavy atom. The van der Waals surface area contributed by atoms with E-state index in [-0.39, 0.29) is 0 Å². The third-order valence-corrected chi connectivity index (χ3v) is 2.01. The molecule has 0 saturated heterocycles. The monoisotopic (exact) mass is 179 g/mol. The van der Waals surface area contributed by atoms with Crippen LogP contribution in [-0.2, 0) is 0 Å². The predicted molar refractivity (Wildman–Crippen MR) is 56.0 cm³/mol. The zero-order valence-corrected chi connectivity index (χ0v) is 8.34. The van der Waals surface area contributed by atoms with Crippen molar-refractivity contribution in [2.75, 3.05) is 12.3 Å². The molecule has 0 aliphatic carbocycles. The van der Waals surface area contributed by atoms with Gasteiger partial charge in [-0.05, 0) is 37.1 Å². The number of nitrogens with two attached hydrogens (primary N) is 1. The summed E-state index contributed by atoms with van der Waals surface area (Å²) in [7, 11) is 0. The Hall–Kier alpha value is -1.18. The molecular formula is C11H17NO. The van der Waals surface area contributed by atoms with Gasteiger partial charge < -0.3 is 10.5 Å². The van der Waals surface area contributed by atoms with Crippen molar-refractivity contribution in [1.29, 1.82) is 0 Å². The van der Waals surface area contributed by atoms with Gasteiger partial charge in [0, 0.05) is 5.69 Å². The van der Waals surface area contributed by atoms with Gasteiger partial charge in [0.1, 0.15) is 5.75 Å². The van der Waals surface area contributed by atoms with Crippen molar-refractivity contribution >= 4 is 5.69 Å². The number of hydrogen-bond donors (Lipinski definition) is 1. The highest BCUT2D eigenvalue weighted by atomic mass is 16.5. The summed E-state index contributed by atoms with van der Waals surface area (Å²) in [5.41, 5.74) is 7.59. The van der Waals surface area contributed by atoms with Crippen molar-refractivity contribution in [3.63, 3.8) is 0 Å². The first-order valence-corrected chi connectivity index (χ1v) is 4.73. The van der Waals surface area contributed by atoms with Crippen LogP contribution in [-0.4, -0.2) is 6.61 Å². The molecule has 1 aromatic rings. The van der Waals surface area contributed by atoms with Gasteiger partial charge in [-0.1, -0.05) is 13.3 Å². The molecule has 0 radical (unpaired) electrons. The Kier molecular flexibility index (Phi) is 3.62. The molecule has 0 aromatic heterocycles. The van der Waals surface area contributed by atoms with Crippen LogP contribution in [0.5, 0.6) is 5.75 Å². The Balaban J connectivity index is 2.53. The summed E-state index contributed by atoms with van der Waals surface area (Å²) >= 11 is 0. The SMILES string of the molecule is CCCCOc1ccc(N)c(C)c1. The van der Waals surface area contributed by atoms with Crippen LogP contribution in [0.15, 0.2) is 18.2 Å². The maximum absolute atomic E-state index is 5.69. The molecule has 0 spiro atoms. The summed E-state index contributed by atoms with van der Waals surface area (Å²) in [4.78, 5) is 0. The van der Waals surface area contributed by atoms with E-state index >= 15 is 0 Å². The minimum Gasteiger partial charge on any atom is -0.494 e. The van der Waals surface area contributed by atoms with E-state index in [1.165, 1.54) is 0 Å². The molecule has 0 saturated carbocycles. The van der Waals surface area contributed by atoms with Gasteiger partial charge in [-0.2, -0.15) is 0 Å². The molecular weight excluding hydrogens is 162 g/mol. The highest BCUT2D eigenvalue weighted by Gasteiger charge is 1.96. The topological polar surface area (TPSA) is 35.2 Å². The molecule has 72 valence electrons. The van der Waals surface area contributed by atoms with Crippen molar-refractivity contribution in [3.05, 3.63) is 23.8 Å². The molecule has 1 aromatic carbocycles. The molecule has 2 N–H and O–H groups in total. The molecule has 0 heterocycles. The molecule has 2 heteroatoms. The first-order valence-electron chi connectivity index (χ1n) is 4.73. The van der Waals surface area contributed by atoms with E-state index in [9.17, 15) is 0 Å². The number of anilines is 1. The molecule has 0 atom stereocenters. The highest BCUT2D eigenvalue weighted by Crippen LogP contribution is 2.18. The number of aryl methyl sites for hydroxylation is 1. The van der Waals surface area contributed by atoms with Crippen molar-refractivity contribution in [1.82, 2.24) is 0 Å². The zero-order chi connectivity index (χ0) is 9.68.